The van der Waals surface area contributed by atoms with Gasteiger partial charge < -0.3 is 20.1 Å². The maximum Gasteiger partial charge on any atom is 0.302 e. The van der Waals surface area contributed by atoms with Crippen molar-refractivity contribution in [2.75, 3.05) is 0 Å². The van der Waals surface area contributed by atoms with E-state index in [-0.39, 0.29) is 30.0 Å². The Kier molecular flexibility index (Phi) is 7.27. The maximum atomic E-state index is 13.8. The molecule has 0 aromatic carbocycles. The topological polar surface area (TPSA) is 104 Å². The summed E-state index contributed by atoms with van der Waals surface area (Å²) >= 11 is 0. The van der Waals surface area contributed by atoms with Gasteiger partial charge in [0.15, 0.2) is 0 Å². The number of hydrogen-bond donors (Lipinski definition) is 3. The van der Waals surface area contributed by atoms with Crippen LogP contribution in [0.1, 0.15) is 106 Å². The molecule has 0 radical (unpaired) electrons. The smallest absolute Gasteiger partial charge is 0.302 e. The second kappa shape index (κ2) is 9.34. The van der Waals surface area contributed by atoms with E-state index in [2.05, 4.69) is 34.6 Å². The predicted octanol–water partition coefficient (Wildman–Crippen LogP) is 4.67. The predicted molar refractivity (Wildman–Crippen MR) is 138 cm³/mol. The van der Waals surface area contributed by atoms with Crippen molar-refractivity contribution in [3.8, 4) is 0 Å². The zero-order valence-corrected chi connectivity index (χ0v) is 23.5. The van der Waals surface area contributed by atoms with E-state index in [1.165, 1.54) is 13.3 Å². The Hall–Kier alpha value is -0.980. The molecule has 0 aliphatic heterocycles. The number of aliphatic hydroxyl groups excluding tert-OH is 1. The molecule has 4 fully saturated rings. The van der Waals surface area contributed by atoms with Crippen LogP contribution in [0.2, 0.25) is 0 Å². The van der Waals surface area contributed by atoms with Gasteiger partial charge in [-0.3, -0.25) is 9.59 Å². The molecule has 4 aliphatic carbocycles. The number of ketones is 1. The van der Waals surface area contributed by atoms with Crippen LogP contribution in [-0.4, -0.2) is 50.5 Å². The summed E-state index contributed by atoms with van der Waals surface area (Å²) in [6.07, 6.45) is 4.06. The zero-order valence-electron chi connectivity index (χ0n) is 23.5. The molecule has 4 aliphatic rings. The van der Waals surface area contributed by atoms with E-state index in [9.17, 15) is 24.9 Å². The Morgan fingerprint density at radius 1 is 1.06 bits per heavy atom. The zero-order chi connectivity index (χ0) is 26.8. The fourth-order valence-corrected chi connectivity index (χ4v) is 9.37. The minimum Gasteiger partial charge on any atom is -0.462 e. The molecule has 0 saturated heterocycles. The van der Waals surface area contributed by atoms with Gasteiger partial charge in [-0.25, -0.2) is 0 Å². The number of carbonyl (C=O) groups excluding carboxylic acids is 2. The van der Waals surface area contributed by atoms with Crippen molar-refractivity contribution in [1.29, 1.82) is 0 Å². The van der Waals surface area contributed by atoms with E-state index >= 15 is 0 Å². The van der Waals surface area contributed by atoms with Crippen molar-refractivity contribution >= 4 is 11.8 Å². The van der Waals surface area contributed by atoms with Crippen LogP contribution >= 0.6 is 0 Å². The lowest BCUT2D eigenvalue weighted by molar-refractivity contribution is -0.310. The number of aliphatic hydroxyl groups is 3. The first-order valence-corrected chi connectivity index (χ1v) is 14.4. The quantitative estimate of drug-likeness (QED) is 0.453. The van der Waals surface area contributed by atoms with Gasteiger partial charge in [-0.2, -0.15) is 0 Å². The van der Waals surface area contributed by atoms with Gasteiger partial charge in [-0.1, -0.05) is 54.4 Å². The average Bonchev–Trinajstić information content (AvgIpc) is 3.09. The summed E-state index contributed by atoms with van der Waals surface area (Å²) in [6, 6.07) is 0. The molecule has 4 saturated carbocycles. The monoisotopic (exact) mass is 506 g/mol. The molecule has 3 N–H and O–H groups in total. The molecule has 0 aromatic rings. The fraction of sp³-hybridized carbons (Fsp3) is 0.933. The highest BCUT2D eigenvalue weighted by Gasteiger charge is 2.76. The summed E-state index contributed by atoms with van der Waals surface area (Å²) in [7, 11) is 0. The van der Waals surface area contributed by atoms with Crippen LogP contribution in [0.4, 0.5) is 0 Å². The number of Topliss-reactive ketones (excluding diaryl/α,β-unsaturated/α-hetero) is 1. The Balaban J connectivity index is 1.62. The molecule has 0 unspecified atom stereocenters. The summed E-state index contributed by atoms with van der Waals surface area (Å²) in [5, 5.41) is 36.0. The Labute approximate surface area is 217 Å². The molecule has 36 heavy (non-hydrogen) atoms. The highest BCUT2D eigenvalue weighted by atomic mass is 16.5. The number of hydrogen-bond acceptors (Lipinski definition) is 6. The van der Waals surface area contributed by atoms with Gasteiger partial charge in [0, 0.05) is 25.2 Å². The minimum absolute atomic E-state index is 0.000871. The van der Waals surface area contributed by atoms with Gasteiger partial charge in [0.2, 0.25) is 0 Å². The van der Waals surface area contributed by atoms with E-state index < -0.39 is 40.7 Å². The van der Waals surface area contributed by atoms with E-state index in [0.717, 1.165) is 19.3 Å². The van der Waals surface area contributed by atoms with Crippen LogP contribution < -0.4 is 0 Å². The summed E-state index contributed by atoms with van der Waals surface area (Å²) in [4.78, 5) is 25.4. The summed E-state index contributed by atoms with van der Waals surface area (Å²) in [5.74, 6) is 0.998. The molecule has 0 bridgehead atoms. The van der Waals surface area contributed by atoms with Crippen molar-refractivity contribution in [3.63, 3.8) is 0 Å². The van der Waals surface area contributed by atoms with Crippen molar-refractivity contribution in [2.45, 2.75) is 130 Å². The normalized spacial score (nSPS) is 48.1. The molecule has 0 aromatic heterocycles. The molecule has 0 spiro atoms. The number of carbonyl (C=O) groups is 2. The summed E-state index contributed by atoms with van der Waals surface area (Å²) < 4.78 is 5.41. The molecular weight excluding hydrogens is 456 g/mol. The lowest BCUT2D eigenvalue weighted by Crippen LogP contribution is -2.78. The van der Waals surface area contributed by atoms with Crippen LogP contribution in [0.15, 0.2) is 0 Å². The van der Waals surface area contributed by atoms with E-state index in [1.807, 2.05) is 6.92 Å². The Morgan fingerprint density at radius 2 is 1.72 bits per heavy atom. The highest BCUT2D eigenvalue weighted by molar-refractivity contribution is 5.86. The molecule has 6 nitrogen and oxygen atoms in total. The summed E-state index contributed by atoms with van der Waals surface area (Å²) in [5.41, 5.74) is -4.47. The minimum atomic E-state index is -1.69. The SMILES string of the molecule is CC(=O)O[C@@H]1CC[C@@]2(C)[C@@](O)(CC(=O)[C@H]3[C@@H]4CC[C@H]([C@H](C)CC[C@H](C)C(C)C)[C@@]4(C)C[C@@H](O)[C@@]32O)C1. The molecule has 0 amide bonds. The first kappa shape index (κ1) is 28.0. The van der Waals surface area contributed by atoms with Gasteiger partial charge in [0.05, 0.1) is 17.6 Å². The third-order valence-electron chi connectivity index (χ3n) is 12.0. The Bertz CT molecular complexity index is 872. The second-order valence-corrected chi connectivity index (χ2v) is 14.1. The molecule has 4 rings (SSSR count). The van der Waals surface area contributed by atoms with Crippen molar-refractivity contribution < 1.29 is 29.6 Å². The molecule has 6 heteroatoms. The standard InChI is InChI=1S/C30H50O6/c1-17(2)18(3)8-9-19(4)22-10-11-23-26-24(32)15-29(34)14-21(36-20(5)31)12-13-28(29,7)30(26,35)25(33)16-27(22,23)6/h17-19,21-23,25-26,33-35H,8-16H2,1-7H3/t18-,19+,21+,22+,23-,25+,26+,27+,28-,29-,30+/m0/s1. The van der Waals surface area contributed by atoms with Crippen molar-refractivity contribution in [2.24, 2.45) is 46.3 Å². The van der Waals surface area contributed by atoms with E-state index in [4.69, 9.17) is 4.74 Å². The second-order valence-electron chi connectivity index (χ2n) is 14.1. The number of esters is 1. The number of ether oxygens (including phenoxy) is 1. The van der Waals surface area contributed by atoms with E-state index in [1.54, 1.807) is 0 Å². The highest BCUT2D eigenvalue weighted by Crippen LogP contribution is 2.70. The summed E-state index contributed by atoms with van der Waals surface area (Å²) in [6.45, 7) is 14.6. The van der Waals surface area contributed by atoms with E-state index in [0.29, 0.717) is 42.9 Å². The van der Waals surface area contributed by atoms with Crippen molar-refractivity contribution in [1.82, 2.24) is 0 Å². The number of rotatable bonds is 6. The van der Waals surface area contributed by atoms with Gasteiger partial charge in [0.25, 0.3) is 0 Å². The fourth-order valence-electron chi connectivity index (χ4n) is 9.37. The Morgan fingerprint density at radius 3 is 2.33 bits per heavy atom. The average molecular weight is 507 g/mol. The largest absolute Gasteiger partial charge is 0.462 e. The maximum absolute atomic E-state index is 13.8. The van der Waals surface area contributed by atoms with Crippen LogP contribution in [-0.2, 0) is 14.3 Å². The lowest BCUT2D eigenvalue weighted by Gasteiger charge is -2.68. The van der Waals surface area contributed by atoms with Crippen LogP contribution in [0.25, 0.3) is 0 Å². The van der Waals surface area contributed by atoms with Gasteiger partial charge in [0.1, 0.15) is 17.5 Å². The first-order chi connectivity index (χ1) is 16.6. The van der Waals surface area contributed by atoms with Gasteiger partial charge in [-0.05, 0) is 67.1 Å². The van der Waals surface area contributed by atoms with Crippen LogP contribution in [0.3, 0.4) is 0 Å². The molecular formula is C30H50O6. The number of fused-ring (bicyclic) bond motifs is 5. The van der Waals surface area contributed by atoms with Gasteiger partial charge >= 0.3 is 5.97 Å². The lowest BCUT2D eigenvalue weighted by atomic mass is 9.39. The van der Waals surface area contributed by atoms with Gasteiger partial charge in [-0.15, -0.1) is 0 Å². The molecule has 206 valence electrons. The van der Waals surface area contributed by atoms with Crippen LogP contribution in [0, 0.1) is 46.3 Å². The molecule has 11 atom stereocenters. The first-order valence-electron chi connectivity index (χ1n) is 14.4. The molecule has 0 heterocycles. The van der Waals surface area contributed by atoms with Crippen molar-refractivity contribution in [3.05, 3.63) is 0 Å². The third-order valence-corrected chi connectivity index (χ3v) is 12.0. The van der Waals surface area contributed by atoms with Crippen LogP contribution in [0.5, 0.6) is 0 Å². The third kappa shape index (κ3) is 4.00.